The van der Waals surface area contributed by atoms with E-state index < -0.39 is 29.3 Å². The van der Waals surface area contributed by atoms with E-state index in [4.69, 9.17) is 0 Å². The number of aromatic nitrogens is 4. The van der Waals surface area contributed by atoms with Gasteiger partial charge in [-0.3, -0.25) is 0 Å². The molecule has 218 valence electrons. The van der Waals surface area contributed by atoms with Crippen LogP contribution in [0.1, 0.15) is 32.3 Å². The number of unbranched alkanes of at least 4 members (excludes halogenated alkanes) is 1. The molecule has 0 aliphatic carbocycles. The van der Waals surface area contributed by atoms with Crippen LogP contribution in [-0.4, -0.2) is 56.9 Å². The zero-order chi connectivity index (χ0) is 29.6. The van der Waals surface area contributed by atoms with Crippen molar-refractivity contribution < 1.29 is 22.4 Å². The van der Waals surface area contributed by atoms with Gasteiger partial charge in [0.05, 0.1) is 16.6 Å². The number of hydrogen-bond acceptors (Lipinski definition) is 6. The van der Waals surface area contributed by atoms with Crippen molar-refractivity contribution in [2.75, 3.05) is 42.1 Å². The van der Waals surface area contributed by atoms with Gasteiger partial charge in [-0.05, 0) is 62.8 Å². The molecular weight excluding hydrogens is 540 g/mol. The molecule has 2 aromatic heterocycles. The van der Waals surface area contributed by atoms with Crippen LogP contribution in [0.5, 0.6) is 0 Å². The Morgan fingerprint density at radius 2 is 1.73 bits per heavy atom. The molecule has 0 aliphatic heterocycles. The van der Waals surface area contributed by atoms with Gasteiger partial charge < -0.3 is 20.9 Å². The lowest BCUT2D eigenvalue weighted by molar-refractivity contribution is -0.137. The quantitative estimate of drug-likeness (QED) is 0.143. The molecule has 0 fully saturated rings. The predicted octanol–water partition coefficient (Wildman–Crippen LogP) is 6.37. The van der Waals surface area contributed by atoms with Crippen molar-refractivity contribution in [3.8, 4) is 11.3 Å². The Labute approximate surface area is 235 Å². The number of anilines is 3. The fraction of sp³-hybridized carbons (Fsp3) is 0.357. The number of nitrogens with one attached hydrogen (secondary N) is 3. The summed E-state index contributed by atoms with van der Waals surface area (Å²) in [5, 5.41) is 13.4. The molecule has 9 nitrogen and oxygen atoms in total. The highest BCUT2D eigenvalue weighted by Crippen LogP contribution is 2.33. The molecule has 0 saturated heterocycles. The highest BCUT2D eigenvalue weighted by molar-refractivity contribution is 6.01. The summed E-state index contributed by atoms with van der Waals surface area (Å²) in [6.45, 7) is 8.16. The van der Waals surface area contributed by atoms with Gasteiger partial charge in [0.25, 0.3) is 0 Å². The van der Waals surface area contributed by atoms with Crippen LogP contribution in [0, 0.1) is 5.82 Å². The molecule has 0 atom stereocenters. The first-order chi connectivity index (χ1) is 19.6. The van der Waals surface area contributed by atoms with E-state index in [0.717, 1.165) is 50.0 Å². The van der Waals surface area contributed by atoms with Gasteiger partial charge in [-0.25, -0.2) is 23.8 Å². The molecule has 3 N–H and O–H groups in total. The van der Waals surface area contributed by atoms with E-state index in [1.54, 1.807) is 36.0 Å². The van der Waals surface area contributed by atoms with Crippen molar-refractivity contribution in [2.45, 2.75) is 32.9 Å². The third kappa shape index (κ3) is 7.28. The Hall–Kier alpha value is -4.26. The zero-order valence-electron chi connectivity index (χ0n) is 23.0. The van der Waals surface area contributed by atoms with Crippen LogP contribution in [-0.2, 0) is 13.2 Å². The first-order valence-corrected chi connectivity index (χ1v) is 13.3. The number of carbonyl (C=O) groups excluding carboxylic acids is 1. The monoisotopic (exact) mass is 572 g/mol. The molecule has 4 aromatic rings. The molecule has 13 heteroatoms. The Morgan fingerprint density at radius 1 is 1.00 bits per heavy atom. The molecule has 2 aromatic carbocycles. The van der Waals surface area contributed by atoms with Gasteiger partial charge in [-0.15, -0.1) is 0 Å². The SMILES string of the molecule is CCN(CC)CCCCNc1ncnc2c1c(-c1ccc(NC(=O)Nc3cc(C(F)(F)F)ccc3F)cc1)nn2C. The van der Waals surface area contributed by atoms with Gasteiger partial charge in [-0.1, -0.05) is 26.0 Å². The van der Waals surface area contributed by atoms with Crippen molar-refractivity contribution in [1.82, 2.24) is 24.6 Å². The van der Waals surface area contributed by atoms with E-state index in [9.17, 15) is 22.4 Å². The Bertz CT molecular complexity index is 1480. The largest absolute Gasteiger partial charge is 0.416 e. The topological polar surface area (TPSA) is 100 Å². The highest BCUT2D eigenvalue weighted by atomic mass is 19.4. The molecular formula is C28H32F4N8O. The summed E-state index contributed by atoms with van der Waals surface area (Å²) in [5.41, 5.74) is 0.744. The van der Waals surface area contributed by atoms with Crippen molar-refractivity contribution in [2.24, 2.45) is 7.05 Å². The molecule has 0 radical (unpaired) electrons. The number of halogens is 4. The highest BCUT2D eigenvalue weighted by Gasteiger charge is 2.31. The average molecular weight is 573 g/mol. The van der Waals surface area contributed by atoms with Crippen molar-refractivity contribution in [1.29, 1.82) is 0 Å². The summed E-state index contributed by atoms with van der Waals surface area (Å²) in [6, 6.07) is 7.63. The van der Waals surface area contributed by atoms with E-state index in [1.807, 2.05) is 0 Å². The molecule has 41 heavy (non-hydrogen) atoms. The molecule has 0 saturated carbocycles. The molecule has 4 rings (SSSR count). The minimum Gasteiger partial charge on any atom is -0.369 e. The van der Waals surface area contributed by atoms with Gasteiger partial charge in [0.15, 0.2) is 5.65 Å². The summed E-state index contributed by atoms with van der Waals surface area (Å²) in [4.78, 5) is 23.6. The maximum absolute atomic E-state index is 14.0. The number of alkyl halides is 3. The second-order valence-electron chi connectivity index (χ2n) is 9.40. The Balaban J connectivity index is 1.45. The minimum atomic E-state index is -4.67. The first-order valence-electron chi connectivity index (χ1n) is 13.3. The summed E-state index contributed by atoms with van der Waals surface area (Å²) in [6.07, 6.45) is -1.14. The fourth-order valence-electron chi connectivity index (χ4n) is 4.42. The standard InChI is InChI=1S/C28H32F4N8O/c1-4-40(5-2)15-7-6-14-33-25-23-24(38-39(3)26(23)35-17-34-25)18-8-11-20(12-9-18)36-27(41)37-22-16-19(28(30,31)32)10-13-21(22)29/h8-13,16-17H,4-7,14-15H2,1-3H3,(H,33,34,35)(H2,36,37,41). The maximum Gasteiger partial charge on any atom is 0.416 e. The van der Waals surface area contributed by atoms with Gasteiger partial charge in [-0.2, -0.15) is 18.3 Å². The van der Waals surface area contributed by atoms with E-state index in [-0.39, 0.29) is 0 Å². The van der Waals surface area contributed by atoms with Crippen LogP contribution in [0.2, 0.25) is 0 Å². The number of amides is 2. The average Bonchev–Trinajstić information content (AvgIpc) is 3.28. The third-order valence-corrected chi connectivity index (χ3v) is 6.67. The van der Waals surface area contributed by atoms with E-state index in [2.05, 4.69) is 49.8 Å². The van der Waals surface area contributed by atoms with Crippen LogP contribution in [0.15, 0.2) is 48.8 Å². The van der Waals surface area contributed by atoms with E-state index >= 15 is 0 Å². The van der Waals surface area contributed by atoms with Crippen LogP contribution >= 0.6 is 0 Å². The van der Waals surface area contributed by atoms with Crippen molar-refractivity contribution in [3.63, 3.8) is 0 Å². The minimum absolute atomic E-state index is 0.349. The number of aryl methyl sites for hydroxylation is 1. The number of fused-ring (bicyclic) bond motifs is 1. The summed E-state index contributed by atoms with van der Waals surface area (Å²) < 4.78 is 54.5. The van der Waals surface area contributed by atoms with E-state index in [1.165, 1.54) is 6.33 Å². The molecule has 2 amide bonds. The molecule has 0 aliphatic rings. The van der Waals surface area contributed by atoms with Crippen LogP contribution in [0.3, 0.4) is 0 Å². The lowest BCUT2D eigenvalue weighted by Crippen LogP contribution is -2.24. The van der Waals surface area contributed by atoms with Crippen LogP contribution in [0.25, 0.3) is 22.3 Å². The number of rotatable bonds is 11. The lowest BCUT2D eigenvalue weighted by atomic mass is 10.1. The second kappa shape index (κ2) is 12.9. The normalized spacial score (nSPS) is 11.7. The third-order valence-electron chi connectivity index (χ3n) is 6.67. The van der Waals surface area contributed by atoms with Crippen molar-refractivity contribution in [3.05, 3.63) is 60.2 Å². The predicted molar refractivity (Wildman–Crippen MR) is 151 cm³/mol. The second-order valence-corrected chi connectivity index (χ2v) is 9.40. The summed E-state index contributed by atoms with van der Waals surface area (Å²) in [7, 11) is 1.79. The Morgan fingerprint density at radius 3 is 2.41 bits per heavy atom. The number of hydrogen-bond donors (Lipinski definition) is 3. The zero-order valence-corrected chi connectivity index (χ0v) is 23.0. The molecule has 0 spiro atoms. The number of nitrogens with zero attached hydrogens (tertiary/aromatic N) is 5. The summed E-state index contributed by atoms with van der Waals surface area (Å²) >= 11 is 0. The van der Waals surface area contributed by atoms with Gasteiger partial charge >= 0.3 is 12.2 Å². The summed E-state index contributed by atoms with van der Waals surface area (Å²) in [5.74, 6) is -0.313. The number of urea groups is 1. The Kier molecular flexibility index (Phi) is 9.38. The number of benzene rings is 2. The molecule has 0 bridgehead atoms. The molecule has 2 heterocycles. The first kappa shape index (κ1) is 29.7. The smallest absolute Gasteiger partial charge is 0.369 e. The molecule has 0 unspecified atom stereocenters. The van der Waals surface area contributed by atoms with Gasteiger partial charge in [0.1, 0.15) is 23.7 Å². The fourth-order valence-corrected chi connectivity index (χ4v) is 4.42. The van der Waals surface area contributed by atoms with Crippen molar-refractivity contribution >= 4 is 34.3 Å². The maximum atomic E-state index is 14.0. The number of carbonyl (C=O) groups is 1. The van der Waals surface area contributed by atoms with Crippen LogP contribution < -0.4 is 16.0 Å². The van der Waals surface area contributed by atoms with Crippen LogP contribution in [0.4, 0.5) is 39.5 Å². The lowest BCUT2D eigenvalue weighted by Gasteiger charge is -2.17. The van der Waals surface area contributed by atoms with Gasteiger partial charge in [0.2, 0.25) is 0 Å². The van der Waals surface area contributed by atoms with Gasteiger partial charge in [0, 0.05) is 24.8 Å². The van der Waals surface area contributed by atoms with E-state index in [0.29, 0.717) is 41.0 Å².